The molecule has 0 aliphatic heterocycles. The molecule has 0 fully saturated rings. The fourth-order valence-corrected chi connectivity index (χ4v) is 3.74. The monoisotopic (exact) mass is 404 g/mol. The van der Waals surface area contributed by atoms with Crippen LogP contribution in [0, 0.1) is 12.7 Å². The highest BCUT2D eigenvalue weighted by Crippen LogP contribution is 2.30. The Balaban J connectivity index is 1.86. The van der Waals surface area contributed by atoms with E-state index in [0.29, 0.717) is 5.65 Å². The van der Waals surface area contributed by atoms with Crippen LogP contribution in [-0.4, -0.2) is 20.3 Å². The number of halogens is 1. The topological polar surface area (TPSA) is 68.9 Å². The smallest absolute Gasteiger partial charge is 0.253 e. The minimum Gasteiger partial charge on any atom is -0.322 e. The summed E-state index contributed by atoms with van der Waals surface area (Å²) in [5.41, 5.74) is 2.68. The lowest BCUT2D eigenvalue weighted by atomic mass is 10.0. The number of nitrogens with one attached hydrogen (secondary N) is 1. The maximum Gasteiger partial charge on any atom is 0.253 e. The minimum atomic E-state index is -0.876. The van der Waals surface area contributed by atoms with Gasteiger partial charge in [-0.15, -0.1) is 0 Å². The number of amides is 1. The molecule has 7 heteroatoms. The molecule has 2 heterocycles. The van der Waals surface area contributed by atoms with Crippen molar-refractivity contribution < 1.29 is 9.18 Å². The molecule has 0 radical (unpaired) electrons. The van der Waals surface area contributed by atoms with Crippen molar-refractivity contribution in [2.45, 2.75) is 19.9 Å². The Kier molecular flexibility index (Phi) is 4.95. The Morgan fingerprint density at radius 1 is 1.10 bits per heavy atom. The van der Waals surface area contributed by atoms with E-state index in [-0.39, 0.29) is 11.2 Å². The molecule has 0 aliphatic carbocycles. The van der Waals surface area contributed by atoms with Gasteiger partial charge in [0, 0.05) is 18.5 Å². The van der Waals surface area contributed by atoms with Crippen molar-refractivity contribution in [3.63, 3.8) is 0 Å². The van der Waals surface area contributed by atoms with Crippen LogP contribution in [0.15, 0.2) is 65.5 Å². The molecule has 0 saturated heterocycles. The zero-order valence-electron chi connectivity index (χ0n) is 16.9. The SMILES string of the molecule is Cc1nn(C)c2c1c(-c1ccccc1)cc(=O)n2C(C)C(=O)Nc1ccccc1F. The number of anilines is 1. The van der Waals surface area contributed by atoms with Gasteiger partial charge in [0.1, 0.15) is 17.5 Å². The molecule has 6 nitrogen and oxygen atoms in total. The second-order valence-corrected chi connectivity index (χ2v) is 7.18. The summed E-state index contributed by atoms with van der Waals surface area (Å²) >= 11 is 0. The van der Waals surface area contributed by atoms with Crippen LogP contribution >= 0.6 is 0 Å². The first-order valence-corrected chi connectivity index (χ1v) is 9.58. The predicted molar refractivity (Wildman–Crippen MR) is 115 cm³/mol. The molecule has 1 amide bonds. The molecule has 2 aromatic heterocycles. The largest absolute Gasteiger partial charge is 0.322 e. The van der Waals surface area contributed by atoms with Gasteiger partial charge in [-0.05, 0) is 37.1 Å². The van der Waals surface area contributed by atoms with Crippen LogP contribution in [0.1, 0.15) is 18.7 Å². The lowest BCUT2D eigenvalue weighted by Crippen LogP contribution is -2.32. The van der Waals surface area contributed by atoms with E-state index in [1.807, 2.05) is 37.3 Å². The van der Waals surface area contributed by atoms with E-state index >= 15 is 0 Å². The van der Waals surface area contributed by atoms with Crippen molar-refractivity contribution in [2.24, 2.45) is 7.05 Å². The highest BCUT2D eigenvalue weighted by molar-refractivity contribution is 5.98. The quantitative estimate of drug-likeness (QED) is 0.558. The summed E-state index contributed by atoms with van der Waals surface area (Å²) < 4.78 is 17.0. The number of rotatable bonds is 4. The van der Waals surface area contributed by atoms with Gasteiger partial charge in [0.2, 0.25) is 5.91 Å². The normalized spacial score (nSPS) is 12.1. The maximum atomic E-state index is 14.0. The number of benzene rings is 2. The van der Waals surface area contributed by atoms with E-state index < -0.39 is 17.8 Å². The second kappa shape index (κ2) is 7.59. The Morgan fingerprint density at radius 2 is 1.77 bits per heavy atom. The van der Waals surface area contributed by atoms with Gasteiger partial charge in [0.25, 0.3) is 5.56 Å². The molecule has 4 rings (SSSR count). The fraction of sp³-hybridized carbons (Fsp3) is 0.174. The number of hydrogen-bond donors (Lipinski definition) is 1. The van der Waals surface area contributed by atoms with E-state index in [0.717, 1.165) is 22.2 Å². The molecule has 0 aliphatic rings. The molecule has 1 unspecified atom stereocenters. The minimum absolute atomic E-state index is 0.0701. The number of pyridine rings is 1. The third-order valence-corrected chi connectivity index (χ3v) is 5.18. The van der Waals surface area contributed by atoms with E-state index in [9.17, 15) is 14.0 Å². The molecule has 0 spiro atoms. The van der Waals surface area contributed by atoms with Crippen molar-refractivity contribution in [3.05, 3.63) is 82.5 Å². The summed E-state index contributed by atoms with van der Waals surface area (Å²) in [6.07, 6.45) is 0. The number of carbonyl (C=O) groups is 1. The number of aryl methyl sites for hydroxylation is 2. The van der Waals surface area contributed by atoms with E-state index in [4.69, 9.17) is 0 Å². The van der Waals surface area contributed by atoms with Gasteiger partial charge in [-0.25, -0.2) is 4.39 Å². The number of hydrogen-bond acceptors (Lipinski definition) is 3. The van der Waals surface area contributed by atoms with Crippen LogP contribution in [0.3, 0.4) is 0 Å². The van der Waals surface area contributed by atoms with Gasteiger partial charge < -0.3 is 5.32 Å². The first-order chi connectivity index (χ1) is 14.4. The molecule has 4 aromatic rings. The van der Waals surface area contributed by atoms with Gasteiger partial charge in [0.15, 0.2) is 0 Å². The van der Waals surface area contributed by atoms with Gasteiger partial charge in [0.05, 0.1) is 11.4 Å². The summed E-state index contributed by atoms with van der Waals surface area (Å²) in [6, 6.07) is 16.2. The maximum absolute atomic E-state index is 14.0. The van der Waals surface area contributed by atoms with Crippen molar-refractivity contribution in [1.29, 1.82) is 0 Å². The van der Waals surface area contributed by atoms with Crippen LogP contribution in [0.4, 0.5) is 10.1 Å². The van der Waals surface area contributed by atoms with Crippen LogP contribution in [0.2, 0.25) is 0 Å². The second-order valence-electron chi connectivity index (χ2n) is 7.18. The summed E-state index contributed by atoms with van der Waals surface area (Å²) in [5, 5.41) is 7.85. The first kappa shape index (κ1) is 19.6. The van der Waals surface area contributed by atoms with Crippen molar-refractivity contribution in [1.82, 2.24) is 14.3 Å². The molecule has 1 N–H and O–H groups in total. The van der Waals surface area contributed by atoms with Gasteiger partial charge in [-0.2, -0.15) is 5.10 Å². The Morgan fingerprint density at radius 3 is 2.47 bits per heavy atom. The van der Waals surface area contributed by atoms with Gasteiger partial charge in [-0.3, -0.25) is 18.8 Å². The zero-order chi connectivity index (χ0) is 21.4. The van der Waals surface area contributed by atoms with Crippen molar-refractivity contribution >= 4 is 22.6 Å². The zero-order valence-corrected chi connectivity index (χ0v) is 16.9. The number of fused-ring (bicyclic) bond motifs is 1. The predicted octanol–water partition coefficient (Wildman–Crippen LogP) is 4.05. The van der Waals surface area contributed by atoms with E-state index in [1.54, 1.807) is 30.8 Å². The molecule has 0 saturated carbocycles. The first-order valence-electron chi connectivity index (χ1n) is 9.58. The lowest BCUT2D eigenvalue weighted by Gasteiger charge is -2.18. The molecular weight excluding hydrogens is 383 g/mol. The lowest BCUT2D eigenvalue weighted by molar-refractivity contribution is -0.118. The van der Waals surface area contributed by atoms with E-state index in [2.05, 4.69) is 10.4 Å². The van der Waals surface area contributed by atoms with Crippen LogP contribution in [0.5, 0.6) is 0 Å². The molecule has 2 aromatic carbocycles. The number of nitrogens with zero attached hydrogens (tertiary/aromatic N) is 3. The van der Waals surface area contributed by atoms with Crippen molar-refractivity contribution in [2.75, 3.05) is 5.32 Å². The van der Waals surface area contributed by atoms with Gasteiger partial charge in [-0.1, -0.05) is 42.5 Å². The van der Waals surface area contributed by atoms with Crippen LogP contribution < -0.4 is 10.9 Å². The van der Waals surface area contributed by atoms with Crippen molar-refractivity contribution in [3.8, 4) is 11.1 Å². The standard InChI is InChI=1S/C23H21FN4O2/c1-14-21-17(16-9-5-4-6-10-16)13-20(29)28(23(21)27(3)26-14)15(2)22(30)25-19-12-8-7-11-18(19)24/h4-13,15H,1-3H3,(H,25,30). The summed E-state index contributed by atoms with van der Waals surface area (Å²) in [7, 11) is 1.74. The summed E-state index contributed by atoms with van der Waals surface area (Å²) in [5.74, 6) is -1.03. The number of para-hydroxylation sites is 1. The highest BCUT2D eigenvalue weighted by Gasteiger charge is 2.24. The average molecular weight is 404 g/mol. The fourth-order valence-electron chi connectivity index (χ4n) is 3.74. The van der Waals surface area contributed by atoms with Gasteiger partial charge >= 0.3 is 0 Å². The Bertz CT molecular complexity index is 1310. The van der Waals surface area contributed by atoms with Crippen LogP contribution in [0.25, 0.3) is 22.2 Å². The molecule has 1 atom stereocenters. The van der Waals surface area contributed by atoms with Crippen LogP contribution in [-0.2, 0) is 11.8 Å². The number of carbonyl (C=O) groups excluding carboxylic acids is 1. The summed E-state index contributed by atoms with van der Waals surface area (Å²) in [6.45, 7) is 3.48. The van der Waals surface area contributed by atoms with E-state index in [1.165, 1.54) is 22.8 Å². The third-order valence-electron chi connectivity index (χ3n) is 5.18. The number of aromatic nitrogens is 3. The Hall–Kier alpha value is -3.74. The average Bonchev–Trinajstić information content (AvgIpc) is 3.03. The third kappa shape index (κ3) is 3.28. The molecular formula is C23H21FN4O2. The molecule has 30 heavy (non-hydrogen) atoms. The Labute approximate surface area is 172 Å². The highest BCUT2D eigenvalue weighted by atomic mass is 19.1. The molecule has 152 valence electrons. The summed E-state index contributed by atoms with van der Waals surface area (Å²) in [4.78, 5) is 26.0. The molecule has 0 bridgehead atoms.